The zero-order valence-corrected chi connectivity index (χ0v) is 8.42. The molecule has 0 radical (unpaired) electrons. The molecule has 0 spiro atoms. The Balaban J connectivity index is 2.44. The third kappa shape index (κ3) is 1.82. The van der Waals surface area contributed by atoms with Gasteiger partial charge in [-0.25, -0.2) is 9.67 Å². The summed E-state index contributed by atoms with van der Waals surface area (Å²) in [5, 5.41) is 4.10. The number of aromatic nitrogens is 3. The van der Waals surface area contributed by atoms with Crippen molar-refractivity contribution in [2.75, 3.05) is 7.11 Å². The van der Waals surface area contributed by atoms with Crippen LogP contribution in [0, 0.1) is 0 Å². The van der Waals surface area contributed by atoms with Gasteiger partial charge < -0.3 is 10.5 Å². The van der Waals surface area contributed by atoms with Crippen molar-refractivity contribution in [2.45, 2.75) is 6.54 Å². The van der Waals surface area contributed by atoms with Crippen LogP contribution in [-0.2, 0) is 6.54 Å². The highest BCUT2D eigenvalue weighted by Gasteiger charge is 2.04. The number of nitrogens with two attached hydrogens (primary N) is 1. The molecule has 0 aliphatic carbocycles. The maximum Gasteiger partial charge on any atom is 0.145 e. The quantitative estimate of drug-likeness (QED) is 0.800. The molecule has 2 rings (SSSR count). The summed E-state index contributed by atoms with van der Waals surface area (Å²) in [6.07, 6.45) is 1.49. The van der Waals surface area contributed by atoms with Crippen molar-refractivity contribution >= 4 is 0 Å². The molecule has 15 heavy (non-hydrogen) atoms. The van der Waals surface area contributed by atoms with Crippen molar-refractivity contribution in [3.63, 3.8) is 0 Å². The second-order valence-corrected chi connectivity index (χ2v) is 2.99. The Morgan fingerprint density at radius 2 is 2.33 bits per heavy atom. The predicted octanol–water partition coefficient (Wildman–Crippen LogP) is 0.735. The molecule has 0 aliphatic rings. The molecule has 0 aliphatic heterocycles. The first-order valence-electron chi connectivity index (χ1n) is 4.58. The summed E-state index contributed by atoms with van der Waals surface area (Å²) in [4.78, 5) is 4.05. The van der Waals surface area contributed by atoms with E-state index in [0.29, 0.717) is 6.54 Å². The van der Waals surface area contributed by atoms with E-state index in [0.717, 1.165) is 17.3 Å². The number of nitrogens with zero attached hydrogens (tertiary/aromatic N) is 3. The molecule has 0 bridgehead atoms. The summed E-state index contributed by atoms with van der Waals surface area (Å²) >= 11 is 0. The lowest BCUT2D eigenvalue weighted by Gasteiger charge is -2.06. The molecule has 2 N–H and O–H groups in total. The fourth-order valence-electron chi connectivity index (χ4n) is 1.36. The smallest absolute Gasteiger partial charge is 0.145 e. The summed E-state index contributed by atoms with van der Waals surface area (Å²) in [5.41, 5.74) is 6.44. The number of methoxy groups -OCH3 is 1. The van der Waals surface area contributed by atoms with Gasteiger partial charge in [0.1, 0.15) is 17.9 Å². The summed E-state index contributed by atoms with van der Waals surface area (Å²) in [7, 11) is 1.63. The Morgan fingerprint density at radius 3 is 3.07 bits per heavy atom. The van der Waals surface area contributed by atoms with Crippen LogP contribution < -0.4 is 10.5 Å². The van der Waals surface area contributed by atoms with Crippen molar-refractivity contribution < 1.29 is 4.74 Å². The van der Waals surface area contributed by atoms with Crippen molar-refractivity contribution in [3.05, 3.63) is 36.4 Å². The van der Waals surface area contributed by atoms with E-state index in [1.54, 1.807) is 11.8 Å². The van der Waals surface area contributed by atoms with Gasteiger partial charge in [0, 0.05) is 6.07 Å². The van der Waals surface area contributed by atoms with Gasteiger partial charge in [-0.3, -0.25) is 0 Å². The molecular formula is C10H12N4O. The maximum atomic E-state index is 5.55. The summed E-state index contributed by atoms with van der Waals surface area (Å²) in [6, 6.07) is 7.59. The molecule has 5 nitrogen and oxygen atoms in total. The first-order chi connectivity index (χ1) is 7.35. The second-order valence-electron chi connectivity index (χ2n) is 2.99. The van der Waals surface area contributed by atoms with Crippen LogP contribution in [0.15, 0.2) is 30.6 Å². The zero-order valence-electron chi connectivity index (χ0n) is 8.42. The highest BCUT2D eigenvalue weighted by Crippen LogP contribution is 2.16. The van der Waals surface area contributed by atoms with Crippen LogP contribution in [0.3, 0.4) is 0 Å². The standard InChI is InChI=1S/C10H12N4O/c1-15-9-4-2-3-8(5-9)14-10(6-11)12-7-13-14/h2-5,7H,6,11H2,1H3. The van der Waals surface area contributed by atoms with Gasteiger partial charge in [0.05, 0.1) is 19.3 Å². The number of benzene rings is 1. The Morgan fingerprint density at radius 1 is 1.47 bits per heavy atom. The second kappa shape index (κ2) is 4.10. The number of rotatable bonds is 3. The maximum absolute atomic E-state index is 5.55. The van der Waals surface area contributed by atoms with Crippen LogP contribution in [0.25, 0.3) is 5.69 Å². The fraction of sp³-hybridized carbons (Fsp3) is 0.200. The molecule has 1 aromatic carbocycles. The largest absolute Gasteiger partial charge is 0.497 e. The summed E-state index contributed by atoms with van der Waals surface area (Å²) in [5.74, 6) is 1.51. The van der Waals surface area contributed by atoms with E-state index >= 15 is 0 Å². The van der Waals surface area contributed by atoms with Gasteiger partial charge >= 0.3 is 0 Å². The minimum atomic E-state index is 0.358. The third-order valence-electron chi connectivity index (χ3n) is 2.10. The molecular weight excluding hydrogens is 192 g/mol. The van der Waals surface area contributed by atoms with Gasteiger partial charge in [-0.05, 0) is 12.1 Å². The molecule has 5 heteroatoms. The summed E-state index contributed by atoms with van der Waals surface area (Å²) in [6.45, 7) is 0.358. The first kappa shape index (κ1) is 9.67. The topological polar surface area (TPSA) is 66.0 Å². The van der Waals surface area contributed by atoms with Crippen molar-refractivity contribution in [1.29, 1.82) is 0 Å². The van der Waals surface area contributed by atoms with Crippen LogP contribution in [0.2, 0.25) is 0 Å². The van der Waals surface area contributed by atoms with Crippen LogP contribution in [0.5, 0.6) is 5.75 Å². The Labute approximate surface area is 87.5 Å². The highest BCUT2D eigenvalue weighted by atomic mass is 16.5. The number of ether oxygens (including phenoxy) is 1. The summed E-state index contributed by atoms with van der Waals surface area (Å²) < 4.78 is 6.83. The van der Waals surface area contributed by atoms with Gasteiger partial charge in [0.25, 0.3) is 0 Å². The van der Waals surface area contributed by atoms with E-state index in [1.165, 1.54) is 6.33 Å². The van der Waals surface area contributed by atoms with Gasteiger partial charge in [-0.2, -0.15) is 5.10 Å². The molecule has 0 unspecified atom stereocenters. The Hall–Kier alpha value is -1.88. The Bertz CT molecular complexity index is 452. The van der Waals surface area contributed by atoms with Gasteiger partial charge in [0.15, 0.2) is 0 Å². The fourth-order valence-corrected chi connectivity index (χ4v) is 1.36. The minimum Gasteiger partial charge on any atom is -0.497 e. The Kier molecular flexibility index (Phi) is 2.64. The molecule has 0 atom stereocenters. The first-order valence-corrected chi connectivity index (χ1v) is 4.58. The average Bonchev–Trinajstić information content (AvgIpc) is 2.77. The van der Waals surface area contributed by atoms with Gasteiger partial charge in [0.2, 0.25) is 0 Å². The zero-order chi connectivity index (χ0) is 10.7. The molecule has 0 fully saturated rings. The monoisotopic (exact) mass is 204 g/mol. The van der Waals surface area contributed by atoms with E-state index in [2.05, 4.69) is 10.1 Å². The van der Waals surface area contributed by atoms with Gasteiger partial charge in [-0.1, -0.05) is 6.07 Å². The number of hydrogen-bond acceptors (Lipinski definition) is 4. The van der Waals surface area contributed by atoms with Crippen LogP contribution >= 0.6 is 0 Å². The molecule has 2 aromatic rings. The van der Waals surface area contributed by atoms with E-state index in [1.807, 2.05) is 24.3 Å². The third-order valence-corrected chi connectivity index (χ3v) is 2.10. The molecule has 0 amide bonds. The highest BCUT2D eigenvalue weighted by molar-refractivity contribution is 5.38. The molecule has 78 valence electrons. The predicted molar refractivity (Wildman–Crippen MR) is 55.8 cm³/mol. The normalized spacial score (nSPS) is 10.3. The van der Waals surface area contributed by atoms with Crippen molar-refractivity contribution in [3.8, 4) is 11.4 Å². The van der Waals surface area contributed by atoms with E-state index in [9.17, 15) is 0 Å². The van der Waals surface area contributed by atoms with E-state index in [-0.39, 0.29) is 0 Å². The van der Waals surface area contributed by atoms with Gasteiger partial charge in [-0.15, -0.1) is 0 Å². The lowest BCUT2D eigenvalue weighted by atomic mass is 10.3. The molecule has 0 saturated heterocycles. The van der Waals surface area contributed by atoms with Crippen molar-refractivity contribution in [1.82, 2.24) is 14.8 Å². The molecule has 1 aromatic heterocycles. The average molecular weight is 204 g/mol. The number of hydrogen-bond donors (Lipinski definition) is 1. The van der Waals surface area contributed by atoms with Crippen molar-refractivity contribution in [2.24, 2.45) is 5.73 Å². The molecule has 0 saturated carbocycles. The molecule has 1 heterocycles. The SMILES string of the molecule is COc1cccc(-n2ncnc2CN)c1. The van der Waals surface area contributed by atoms with E-state index < -0.39 is 0 Å². The lowest BCUT2D eigenvalue weighted by Crippen LogP contribution is -2.07. The van der Waals surface area contributed by atoms with Crippen LogP contribution in [0.4, 0.5) is 0 Å². The minimum absolute atomic E-state index is 0.358. The lowest BCUT2D eigenvalue weighted by molar-refractivity contribution is 0.414. The van der Waals surface area contributed by atoms with Crippen LogP contribution in [-0.4, -0.2) is 21.9 Å². The van der Waals surface area contributed by atoms with Crippen LogP contribution in [0.1, 0.15) is 5.82 Å². The van der Waals surface area contributed by atoms with E-state index in [4.69, 9.17) is 10.5 Å².